The zero-order valence-corrected chi connectivity index (χ0v) is 15.5. The summed E-state index contributed by atoms with van der Waals surface area (Å²) in [5.74, 6) is 0.291. The van der Waals surface area contributed by atoms with Gasteiger partial charge in [0.15, 0.2) is 0 Å². The van der Waals surface area contributed by atoms with E-state index in [9.17, 15) is 9.90 Å². The number of aliphatic hydroxyl groups is 1. The Morgan fingerprint density at radius 3 is 3.04 bits per heavy atom. The molecule has 138 valence electrons. The maximum Gasteiger partial charge on any atom is 0.257 e. The number of thiophene rings is 1. The van der Waals surface area contributed by atoms with Crippen LogP contribution >= 0.6 is 11.3 Å². The van der Waals surface area contributed by atoms with E-state index in [0.29, 0.717) is 19.5 Å². The molecule has 2 aromatic heterocycles. The molecular formula is C18H23N5O2S. The number of rotatable bonds is 2. The summed E-state index contributed by atoms with van der Waals surface area (Å²) in [4.78, 5) is 16.7. The van der Waals surface area contributed by atoms with Crippen molar-refractivity contribution in [3.8, 4) is 5.00 Å². The number of fused-ring (bicyclic) bond motifs is 2. The van der Waals surface area contributed by atoms with Crippen LogP contribution in [0.1, 0.15) is 59.3 Å². The molecule has 0 bridgehead atoms. The van der Waals surface area contributed by atoms with Crippen LogP contribution in [0.2, 0.25) is 0 Å². The summed E-state index contributed by atoms with van der Waals surface area (Å²) in [6, 6.07) is 0. The highest BCUT2D eigenvalue weighted by Crippen LogP contribution is 2.42. The third-order valence-corrected chi connectivity index (χ3v) is 7.67. The second-order valence-electron chi connectivity index (χ2n) is 7.84. The summed E-state index contributed by atoms with van der Waals surface area (Å²) in [5, 5.41) is 23.3. The molecule has 0 spiro atoms. The molecule has 8 heteroatoms. The van der Waals surface area contributed by atoms with Gasteiger partial charge in [0.1, 0.15) is 11.3 Å². The Morgan fingerprint density at radius 1 is 1.27 bits per heavy atom. The fourth-order valence-corrected chi connectivity index (χ4v) is 6.24. The number of aromatic nitrogens is 4. The molecule has 2 fully saturated rings. The fourth-order valence-electron chi connectivity index (χ4n) is 4.94. The van der Waals surface area contributed by atoms with E-state index in [4.69, 9.17) is 0 Å². The first-order chi connectivity index (χ1) is 12.7. The van der Waals surface area contributed by atoms with E-state index in [1.807, 2.05) is 4.90 Å². The Hall–Kier alpha value is -1.80. The standard InChI is InChI=1S/C18H23N5O2S/c24-16(22-9-8-18(25)7-2-1-4-12(18)10-22)15-13-5-3-6-14(13)26-17(15)23-11-19-20-21-23/h11-12,25H,1-10H2. The lowest BCUT2D eigenvalue weighted by atomic mass is 9.71. The number of carbonyl (C=O) groups is 1. The Labute approximate surface area is 156 Å². The van der Waals surface area contributed by atoms with Crippen molar-refractivity contribution < 1.29 is 9.90 Å². The Bertz CT molecular complexity index is 833. The van der Waals surface area contributed by atoms with Crippen molar-refractivity contribution in [2.75, 3.05) is 13.1 Å². The van der Waals surface area contributed by atoms with Crippen molar-refractivity contribution >= 4 is 17.2 Å². The molecule has 2 aromatic rings. The van der Waals surface area contributed by atoms with Gasteiger partial charge in [-0.2, -0.15) is 4.68 Å². The highest BCUT2D eigenvalue weighted by molar-refractivity contribution is 7.15. The van der Waals surface area contributed by atoms with Crippen molar-refractivity contribution in [1.29, 1.82) is 0 Å². The van der Waals surface area contributed by atoms with E-state index in [1.54, 1.807) is 22.3 Å². The second kappa shape index (κ2) is 6.13. The van der Waals surface area contributed by atoms with E-state index < -0.39 is 5.60 Å². The van der Waals surface area contributed by atoms with Gasteiger partial charge in [-0.25, -0.2) is 0 Å². The third kappa shape index (κ3) is 2.50. The van der Waals surface area contributed by atoms with Crippen LogP contribution < -0.4 is 0 Å². The van der Waals surface area contributed by atoms with Crippen LogP contribution in [0.5, 0.6) is 0 Å². The predicted molar refractivity (Wildman–Crippen MR) is 96.5 cm³/mol. The van der Waals surface area contributed by atoms with Crippen molar-refractivity contribution in [2.24, 2.45) is 5.92 Å². The topological polar surface area (TPSA) is 84.1 Å². The normalized spacial score (nSPS) is 28.0. The highest BCUT2D eigenvalue weighted by atomic mass is 32.1. The molecule has 1 N–H and O–H groups in total. The molecule has 1 amide bonds. The molecule has 1 saturated carbocycles. The predicted octanol–water partition coefficient (Wildman–Crippen LogP) is 1.98. The third-order valence-electron chi connectivity index (χ3n) is 6.39. The van der Waals surface area contributed by atoms with Crippen LogP contribution in [0, 0.1) is 5.92 Å². The average molecular weight is 373 g/mol. The largest absolute Gasteiger partial charge is 0.389 e. The van der Waals surface area contributed by atoms with Gasteiger partial charge in [0.05, 0.1) is 11.2 Å². The van der Waals surface area contributed by atoms with Gasteiger partial charge < -0.3 is 10.0 Å². The Kier molecular flexibility index (Phi) is 3.86. The van der Waals surface area contributed by atoms with Gasteiger partial charge >= 0.3 is 0 Å². The fraction of sp³-hybridized carbons (Fsp3) is 0.667. The molecule has 2 atom stereocenters. The maximum atomic E-state index is 13.5. The molecule has 0 aromatic carbocycles. The minimum atomic E-state index is -0.565. The Balaban J connectivity index is 1.48. The zero-order valence-electron chi connectivity index (χ0n) is 14.7. The monoisotopic (exact) mass is 373 g/mol. The lowest BCUT2D eigenvalue weighted by molar-refractivity contribution is -0.0886. The molecule has 26 heavy (non-hydrogen) atoms. The van der Waals surface area contributed by atoms with Crippen molar-refractivity contribution in [2.45, 2.75) is 57.0 Å². The van der Waals surface area contributed by atoms with E-state index in [-0.39, 0.29) is 11.8 Å². The number of hydrogen-bond acceptors (Lipinski definition) is 6. The van der Waals surface area contributed by atoms with Crippen molar-refractivity contribution in [3.63, 3.8) is 0 Å². The van der Waals surface area contributed by atoms with Gasteiger partial charge in [0.25, 0.3) is 5.91 Å². The van der Waals surface area contributed by atoms with Crippen molar-refractivity contribution in [3.05, 3.63) is 22.3 Å². The molecule has 7 nitrogen and oxygen atoms in total. The van der Waals surface area contributed by atoms with E-state index in [1.165, 1.54) is 10.4 Å². The summed E-state index contributed by atoms with van der Waals surface area (Å²) in [6.45, 7) is 1.29. The molecule has 1 saturated heterocycles. The first kappa shape index (κ1) is 16.4. The van der Waals surface area contributed by atoms with Gasteiger partial charge in [0.2, 0.25) is 0 Å². The summed E-state index contributed by atoms with van der Waals surface area (Å²) in [7, 11) is 0. The first-order valence-corrected chi connectivity index (χ1v) is 10.4. The molecule has 1 aliphatic heterocycles. The number of piperidine rings is 1. The Morgan fingerprint density at radius 2 is 2.19 bits per heavy atom. The lowest BCUT2D eigenvalue weighted by Crippen LogP contribution is -2.54. The van der Waals surface area contributed by atoms with Gasteiger partial charge in [-0.1, -0.05) is 12.8 Å². The summed E-state index contributed by atoms with van der Waals surface area (Å²) in [6.07, 6.45) is 9.50. The first-order valence-electron chi connectivity index (χ1n) is 9.55. The SMILES string of the molecule is O=C(c1c(-n2cnnn2)sc2c1CCC2)N1CCC2(O)CCCCC2C1. The van der Waals surface area contributed by atoms with Crippen LogP contribution in [0.3, 0.4) is 0 Å². The number of likely N-dealkylation sites (tertiary alicyclic amines) is 1. The number of tetrazole rings is 1. The van der Waals surface area contributed by atoms with E-state index in [2.05, 4.69) is 15.5 Å². The molecular weight excluding hydrogens is 350 g/mol. The molecule has 3 heterocycles. The van der Waals surface area contributed by atoms with Gasteiger partial charge in [0, 0.05) is 23.9 Å². The molecule has 2 aliphatic carbocycles. The van der Waals surface area contributed by atoms with Gasteiger partial charge in [-0.3, -0.25) is 4.79 Å². The summed E-state index contributed by atoms with van der Waals surface area (Å²) < 4.78 is 1.62. The van der Waals surface area contributed by atoms with Crippen LogP contribution in [-0.4, -0.2) is 54.8 Å². The number of amides is 1. The molecule has 3 aliphatic rings. The summed E-state index contributed by atoms with van der Waals surface area (Å²) >= 11 is 1.64. The van der Waals surface area contributed by atoms with Gasteiger partial charge in [-0.15, -0.1) is 16.4 Å². The number of hydrogen-bond donors (Lipinski definition) is 1. The zero-order chi connectivity index (χ0) is 17.7. The van der Waals surface area contributed by atoms with Crippen LogP contribution in [0.15, 0.2) is 6.33 Å². The second-order valence-corrected chi connectivity index (χ2v) is 8.92. The smallest absolute Gasteiger partial charge is 0.257 e. The number of carbonyl (C=O) groups excluding carboxylic acids is 1. The lowest BCUT2D eigenvalue weighted by Gasteiger charge is -2.47. The summed E-state index contributed by atoms with van der Waals surface area (Å²) in [5.41, 5.74) is 1.41. The van der Waals surface area contributed by atoms with Crippen LogP contribution in [0.25, 0.3) is 5.00 Å². The molecule has 0 radical (unpaired) electrons. The average Bonchev–Trinajstić information content (AvgIpc) is 3.36. The molecule has 2 unspecified atom stereocenters. The minimum Gasteiger partial charge on any atom is -0.389 e. The van der Waals surface area contributed by atoms with Crippen LogP contribution in [-0.2, 0) is 12.8 Å². The minimum absolute atomic E-state index is 0.0857. The van der Waals surface area contributed by atoms with E-state index in [0.717, 1.165) is 55.5 Å². The highest BCUT2D eigenvalue weighted by Gasteiger charge is 2.44. The maximum absolute atomic E-state index is 13.5. The number of aryl methyl sites for hydroxylation is 1. The van der Waals surface area contributed by atoms with Crippen LogP contribution in [0.4, 0.5) is 0 Å². The van der Waals surface area contributed by atoms with Crippen molar-refractivity contribution in [1.82, 2.24) is 25.1 Å². The quantitative estimate of drug-likeness (QED) is 0.870. The number of nitrogens with zero attached hydrogens (tertiary/aromatic N) is 5. The van der Waals surface area contributed by atoms with Gasteiger partial charge in [-0.05, 0) is 54.5 Å². The van der Waals surface area contributed by atoms with E-state index >= 15 is 0 Å². The molecule has 5 rings (SSSR count).